The van der Waals surface area contributed by atoms with Gasteiger partial charge in [-0.25, -0.2) is 0 Å². The summed E-state index contributed by atoms with van der Waals surface area (Å²) in [5.74, 6) is 0.326. The monoisotopic (exact) mass is 221 g/mol. The zero-order valence-corrected chi connectivity index (χ0v) is 8.03. The highest BCUT2D eigenvalue weighted by atomic mass is 16.6. The summed E-state index contributed by atoms with van der Waals surface area (Å²) in [7, 11) is 0. The molecule has 0 saturated heterocycles. The molecule has 1 heterocycles. The average Bonchev–Trinajstić information content (AvgIpc) is 2.77. The Morgan fingerprint density at radius 2 is 2.00 bits per heavy atom. The van der Waals surface area contributed by atoms with Crippen LogP contribution in [0.1, 0.15) is 5.89 Å². The third kappa shape index (κ3) is 1.89. The number of aliphatic hydroxyl groups excluding tert-OH is 1. The minimum atomic E-state index is -0.489. The van der Waals surface area contributed by atoms with Crippen molar-refractivity contribution < 1.29 is 14.4 Å². The van der Waals surface area contributed by atoms with Crippen molar-refractivity contribution in [3.05, 3.63) is 40.3 Å². The molecule has 7 nitrogen and oxygen atoms in total. The van der Waals surface area contributed by atoms with Crippen molar-refractivity contribution in [3.63, 3.8) is 0 Å². The average molecular weight is 221 g/mol. The largest absolute Gasteiger partial charge is 0.418 e. The van der Waals surface area contributed by atoms with Crippen molar-refractivity contribution in [2.75, 3.05) is 0 Å². The van der Waals surface area contributed by atoms with Gasteiger partial charge in [-0.2, -0.15) is 0 Å². The van der Waals surface area contributed by atoms with Gasteiger partial charge in [0.05, 0.1) is 4.92 Å². The van der Waals surface area contributed by atoms with Crippen LogP contribution >= 0.6 is 0 Å². The van der Waals surface area contributed by atoms with Crippen LogP contribution in [0, 0.1) is 10.1 Å². The molecule has 1 N–H and O–H groups in total. The fourth-order valence-corrected chi connectivity index (χ4v) is 1.16. The Balaban J connectivity index is 2.30. The summed E-state index contributed by atoms with van der Waals surface area (Å²) in [4.78, 5) is 9.93. The first-order chi connectivity index (χ1) is 7.70. The maximum absolute atomic E-state index is 10.4. The molecule has 0 amide bonds. The minimum absolute atomic E-state index is 0.00866. The van der Waals surface area contributed by atoms with E-state index in [9.17, 15) is 10.1 Å². The number of non-ortho nitro benzene ring substituents is 1. The van der Waals surface area contributed by atoms with Crippen LogP contribution < -0.4 is 0 Å². The fraction of sp³-hybridized carbons (Fsp3) is 0.111. The Bertz CT molecular complexity index is 506. The molecule has 0 radical (unpaired) electrons. The van der Waals surface area contributed by atoms with Crippen molar-refractivity contribution in [2.24, 2.45) is 0 Å². The highest BCUT2D eigenvalue weighted by Crippen LogP contribution is 2.20. The van der Waals surface area contributed by atoms with E-state index in [-0.39, 0.29) is 24.1 Å². The first-order valence-electron chi connectivity index (χ1n) is 4.39. The van der Waals surface area contributed by atoms with Crippen LogP contribution in [0.3, 0.4) is 0 Å². The number of nitro groups is 1. The van der Waals surface area contributed by atoms with Gasteiger partial charge in [0.15, 0.2) is 0 Å². The number of aromatic nitrogens is 2. The quantitative estimate of drug-likeness (QED) is 0.615. The van der Waals surface area contributed by atoms with Crippen LogP contribution in [0.15, 0.2) is 28.7 Å². The van der Waals surface area contributed by atoms with Gasteiger partial charge in [0.25, 0.3) is 5.69 Å². The lowest BCUT2D eigenvalue weighted by atomic mass is 10.2. The summed E-state index contributed by atoms with van der Waals surface area (Å²) < 4.78 is 5.08. The lowest BCUT2D eigenvalue weighted by Crippen LogP contribution is -1.87. The first kappa shape index (κ1) is 10.2. The molecule has 0 saturated carbocycles. The summed E-state index contributed by atoms with van der Waals surface area (Å²) in [6, 6.07) is 5.70. The molecule has 1 aromatic carbocycles. The van der Waals surface area contributed by atoms with Crippen LogP contribution in [0.2, 0.25) is 0 Å². The second-order valence-electron chi connectivity index (χ2n) is 2.96. The van der Waals surface area contributed by atoms with Gasteiger partial charge in [0.2, 0.25) is 11.8 Å². The maximum atomic E-state index is 10.4. The predicted molar refractivity (Wildman–Crippen MR) is 52.3 cm³/mol. The van der Waals surface area contributed by atoms with E-state index in [0.29, 0.717) is 5.56 Å². The molecular formula is C9H7N3O4. The molecule has 82 valence electrons. The summed E-state index contributed by atoms with van der Waals surface area (Å²) >= 11 is 0. The van der Waals surface area contributed by atoms with E-state index in [1.165, 1.54) is 24.3 Å². The molecule has 0 aliphatic heterocycles. The lowest BCUT2D eigenvalue weighted by Gasteiger charge is -1.93. The summed E-state index contributed by atoms with van der Waals surface area (Å²) in [5.41, 5.74) is 0.559. The minimum Gasteiger partial charge on any atom is -0.418 e. The van der Waals surface area contributed by atoms with Crippen LogP contribution in [-0.2, 0) is 6.61 Å². The lowest BCUT2D eigenvalue weighted by molar-refractivity contribution is -0.384. The topological polar surface area (TPSA) is 102 Å². The third-order valence-electron chi connectivity index (χ3n) is 1.93. The van der Waals surface area contributed by atoms with Gasteiger partial charge in [-0.3, -0.25) is 10.1 Å². The van der Waals surface area contributed by atoms with Crippen LogP contribution in [-0.4, -0.2) is 20.2 Å². The van der Waals surface area contributed by atoms with E-state index in [4.69, 9.17) is 9.52 Å². The zero-order chi connectivity index (χ0) is 11.5. The van der Waals surface area contributed by atoms with Crippen molar-refractivity contribution in [3.8, 4) is 11.5 Å². The Labute approximate surface area is 89.5 Å². The number of hydrogen-bond acceptors (Lipinski definition) is 6. The van der Waals surface area contributed by atoms with E-state index in [2.05, 4.69) is 10.2 Å². The molecule has 0 aliphatic carbocycles. The number of aliphatic hydroxyl groups is 1. The summed E-state index contributed by atoms with van der Waals surface area (Å²) in [6.45, 7) is -0.333. The van der Waals surface area contributed by atoms with Crippen molar-refractivity contribution in [1.82, 2.24) is 10.2 Å². The van der Waals surface area contributed by atoms with E-state index in [1.807, 2.05) is 0 Å². The van der Waals surface area contributed by atoms with Gasteiger partial charge in [0, 0.05) is 17.7 Å². The Morgan fingerprint density at radius 1 is 1.31 bits per heavy atom. The molecule has 0 fully saturated rings. The normalized spacial score (nSPS) is 10.3. The molecule has 7 heteroatoms. The Hall–Kier alpha value is -2.28. The number of hydrogen-bond donors (Lipinski definition) is 1. The third-order valence-corrected chi connectivity index (χ3v) is 1.93. The molecule has 0 unspecified atom stereocenters. The molecule has 0 aliphatic rings. The van der Waals surface area contributed by atoms with Gasteiger partial charge >= 0.3 is 0 Å². The molecule has 0 bridgehead atoms. The molecule has 0 spiro atoms. The number of benzene rings is 1. The molecule has 2 aromatic rings. The molecule has 0 atom stereocenters. The van der Waals surface area contributed by atoms with Gasteiger partial charge in [0.1, 0.15) is 6.61 Å². The molecule has 1 aromatic heterocycles. The van der Waals surface area contributed by atoms with Gasteiger partial charge in [-0.1, -0.05) is 0 Å². The van der Waals surface area contributed by atoms with Crippen molar-refractivity contribution in [2.45, 2.75) is 6.61 Å². The number of nitro benzene ring substituents is 1. The maximum Gasteiger partial charge on any atom is 0.269 e. The summed E-state index contributed by atoms with van der Waals surface area (Å²) in [6.07, 6.45) is 0. The van der Waals surface area contributed by atoms with Crippen LogP contribution in [0.4, 0.5) is 5.69 Å². The second-order valence-corrected chi connectivity index (χ2v) is 2.96. The Morgan fingerprint density at radius 3 is 2.50 bits per heavy atom. The fourth-order valence-electron chi connectivity index (χ4n) is 1.16. The van der Waals surface area contributed by atoms with E-state index in [1.54, 1.807) is 0 Å². The van der Waals surface area contributed by atoms with E-state index < -0.39 is 4.92 Å². The Kier molecular flexibility index (Phi) is 2.61. The van der Waals surface area contributed by atoms with Gasteiger partial charge < -0.3 is 9.52 Å². The van der Waals surface area contributed by atoms with Crippen LogP contribution in [0.25, 0.3) is 11.5 Å². The highest BCUT2D eigenvalue weighted by molar-refractivity contribution is 5.55. The summed E-state index contributed by atoms with van der Waals surface area (Å²) in [5, 5.41) is 26.4. The highest BCUT2D eigenvalue weighted by Gasteiger charge is 2.10. The standard InChI is InChI=1S/C9H7N3O4/c13-5-8-10-11-9(16-8)6-1-3-7(4-2-6)12(14)15/h1-4,13H,5H2. The van der Waals surface area contributed by atoms with E-state index in [0.717, 1.165) is 0 Å². The SMILES string of the molecule is O=[N+]([O-])c1ccc(-c2nnc(CO)o2)cc1. The molecule has 2 rings (SSSR count). The van der Waals surface area contributed by atoms with Crippen molar-refractivity contribution in [1.29, 1.82) is 0 Å². The van der Waals surface area contributed by atoms with Crippen molar-refractivity contribution >= 4 is 5.69 Å². The number of nitrogens with zero attached hydrogens (tertiary/aromatic N) is 3. The molecule has 16 heavy (non-hydrogen) atoms. The smallest absolute Gasteiger partial charge is 0.269 e. The second kappa shape index (κ2) is 4.07. The molecular weight excluding hydrogens is 214 g/mol. The van der Waals surface area contributed by atoms with E-state index >= 15 is 0 Å². The zero-order valence-electron chi connectivity index (χ0n) is 8.03. The van der Waals surface area contributed by atoms with Gasteiger partial charge in [-0.05, 0) is 12.1 Å². The van der Waals surface area contributed by atoms with Crippen LogP contribution in [0.5, 0.6) is 0 Å². The van der Waals surface area contributed by atoms with Gasteiger partial charge in [-0.15, -0.1) is 10.2 Å². The first-order valence-corrected chi connectivity index (χ1v) is 4.39. The number of rotatable bonds is 3. The predicted octanol–water partition coefficient (Wildman–Crippen LogP) is 1.14.